The first kappa shape index (κ1) is 47.4. The largest absolute Gasteiger partial charge is 0.329 e. The second kappa shape index (κ2) is 28.6. The fourth-order valence-corrected chi connectivity index (χ4v) is 8.32. The molecule has 1 saturated carbocycles. The summed E-state index contributed by atoms with van der Waals surface area (Å²) in [7, 11) is 13.2. The third kappa shape index (κ3) is 23.2. The number of nitrogens with zero attached hydrogens (tertiary/aromatic N) is 2. The van der Waals surface area contributed by atoms with Crippen molar-refractivity contribution in [2.24, 2.45) is 29.6 Å². The van der Waals surface area contributed by atoms with Crippen molar-refractivity contribution in [3.05, 3.63) is 23.8 Å². The normalized spacial score (nSPS) is 24.0. The maximum absolute atomic E-state index is 6.00. The molecule has 0 aromatic carbocycles. The lowest BCUT2D eigenvalue weighted by Gasteiger charge is -2.40. The molecule has 5 atom stereocenters. The van der Waals surface area contributed by atoms with Gasteiger partial charge in [0, 0.05) is 5.92 Å². The molecular weight excluding hydrogens is 645 g/mol. The van der Waals surface area contributed by atoms with Crippen LogP contribution in [0.2, 0.25) is 0 Å². The highest BCUT2D eigenvalue weighted by Gasteiger charge is 2.35. The first-order valence-corrected chi connectivity index (χ1v) is 22.5. The Bertz CT molecular complexity index is 907. The molecule has 6 heteroatoms. The number of unbranched alkanes of at least 4 members (excludes halogenated alkanes) is 11. The number of allylic oxidation sites excluding steroid dienone is 3. The van der Waals surface area contributed by atoms with Gasteiger partial charge in [-0.2, -0.15) is 0 Å². The van der Waals surface area contributed by atoms with Gasteiger partial charge in [0.1, 0.15) is 26.3 Å². The van der Waals surface area contributed by atoms with Gasteiger partial charge in [-0.1, -0.05) is 140 Å². The number of likely N-dealkylation sites (N-methyl/N-ethyl adjacent to an activating group) is 2. The molecule has 6 nitrogen and oxygen atoms in total. The van der Waals surface area contributed by atoms with E-state index in [2.05, 4.69) is 74.4 Å². The summed E-state index contributed by atoms with van der Waals surface area (Å²) in [5.41, 5.74) is 1.70. The predicted molar refractivity (Wildman–Crippen MR) is 222 cm³/mol. The van der Waals surface area contributed by atoms with E-state index in [1.165, 1.54) is 141 Å². The Morgan fingerprint density at radius 1 is 0.558 bits per heavy atom. The lowest BCUT2D eigenvalue weighted by Crippen LogP contribution is -2.37. The van der Waals surface area contributed by atoms with Crippen molar-refractivity contribution in [2.75, 3.05) is 81.8 Å². The lowest BCUT2D eigenvalue weighted by atomic mass is 9.65. The summed E-state index contributed by atoms with van der Waals surface area (Å²) in [5, 5.41) is 0. The first-order valence-electron chi connectivity index (χ1n) is 22.5. The average Bonchev–Trinajstić information content (AvgIpc) is 3.08. The lowest BCUT2D eigenvalue weighted by molar-refractivity contribution is -0.871. The summed E-state index contributed by atoms with van der Waals surface area (Å²) in [4.78, 5) is 22.6. The Balaban J connectivity index is 2.10. The van der Waals surface area contributed by atoms with Crippen molar-refractivity contribution in [3.8, 4) is 0 Å². The molecule has 2 rings (SSSR count). The molecule has 0 saturated heterocycles. The number of hydrogen-bond donors (Lipinski definition) is 0. The second-order valence-corrected chi connectivity index (χ2v) is 18.7. The summed E-state index contributed by atoms with van der Waals surface area (Å²) in [5.74, 6) is 3.33. The summed E-state index contributed by atoms with van der Waals surface area (Å²) in [6.07, 6.45) is 38.8. The Kier molecular flexibility index (Phi) is 26.1. The molecule has 0 heterocycles. The molecule has 306 valence electrons. The fraction of sp³-hybridized carbons (Fsp3) is 0.913. The summed E-state index contributed by atoms with van der Waals surface area (Å²) in [6.45, 7) is 9.37. The molecular formula is C46H90N2O4+2. The van der Waals surface area contributed by atoms with E-state index in [-0.39, 0.29) is 0 Å². The van der Waals surface area contributed by atoms with E-state index in [9.17, 15) is 0 Å². The van der Waals surface area contributed by atoms with Crippen molar-refractivity contribution in [3.63, 3.8) is 0 Å². The quantitative estimate of drug-likeness (QED) is 0.0242. The number of quaternary nitrogens is 2. The minimum Gasteiger partial charge on any atom is -0.329 e. The molecule has 0 spiro atoms. The van der Waals surface area contributed by atoms with Gasteiger partial charge in [-0.05, 0) is 68.6 Å². The molecule has 0 aliphatic heterocycles. The van der Waals surface area contributed by atoms with Crippen molar-refractivity contribution in [1.29, 1.82) is 0 Å². The van der Waals surface area contributed by atoms with Gasteiger partial charge in [0.05, 0.1) is 55.5 Å². The van der Waals surface area contributed by atoms with Crippen LogP contribution in [0, 0.1) is 29.6 Å². The van der Waals surface area contributed by atoms with Crippen LogP contribution in [0.1, 0.15) is 162 Å². The Labute approximate surface area is 324 Å². The van der Waals surface area contributed by atoms with Gasteiger partial charge >= 0.3 is 0 Å². The zero-order valence-corrected chi connectivity index (χ0v) is 36.2. The highest BCUT2D eigenvalue weighted by atomic mass is 17.2. The van der Waals surface area contributed by atoms with E-state index in [0.717, 1.165) is 40.3 Å². The SMILES string of the molecule is CCCCCCC1C=C[C@@H](CCCCCCCCOOCC[N+](C)(C)C)C(/C=C2/CCCCCCC2COOCC[N+](C)(C)C)C1CCCCCC. The van der Waals surface area contributed by atoms with Crippen LogP contribution >= 0.6 is 0 Å². The van der Waals surface area contributed by atoms with Gasteiger partial charge in [-0.15, -0.1) is 0 Å². The van der Waals surface area contributed by atoms with E-state index < -0.39 is 0 Å². The van der Waals surface area contributed by atoms with E-state index >= 15 is 0 Å². The van der Waals surface area contributed by atoms with Crippen molar-refractivity contribution < 1.29 is 28.5 Å². The number of hydrogen-bond acceptors (Lipinski definition) is 4. The predicted octanol–water partition coefficient (Wildman–Crippen LogP) is 11.9. The van der Waals surface area contributed by atoms with Crippen LogP contribution in [0.25, 0.3) is 0 Å². The van der Waals surface area contributed by atoms with Gasteiger partial charge in [0.25, 0.3) is 0 Å². The molecule has 0 aromatic heterocycles. The van der Waals surface area contributed by atoms with Crippen LogP contribution in [0.3, 0.4) is 0 Å². The molecule has 52 heavy (non-hydrogen) atoms. The zero-order valence-electron chi connectivity index (χ0n) is 36.2. The second-order valence-electron chi connectivity index (χ2n) is 18.7. The first-order chi connectivity index (χ1) is 25.0. The van der Waals surface area contributed by atoms with Gasteiger partial charge in [0.2, 0.25) is 0 Å². The fourth-order valence-electron chi connectivity index (χ4n) is 8.32. The molecule has 2 aliphatic rings. The van der Waals surface area contributed by atoms with Crippen molar-refractivity contribution >= 4 is 0 Å². The highest BCUT2D eigenvalue weighted by Crippen LogP contribution is 2.44. The van der Waals surface area contributed by atoms with Crippen LogP contribution in [0.4, 0.5) is 0 Å². The van der Waals surface area contributed by atoms with Crippen LogP contribution in [-0.4, -0.2) is 90.8 Å². The molecule has 0 N–H and O–H groups in total. The van der Waals surface area contributed by atoms with Gasteiger partial charge < -0.3 is 8.97 Å². The monoisotopic (exact) mass is 735 g/mol. The molecule has 4 unspecified atom stereocenters. The highest BCUT2D eigenvalue weighted by molar-refractivity contribution is 5.17. The van der Waals surface area contributed by atoms with Crippen LogP contribution in [-0.2, 0) is 19.6 Å². The zero-order chi connectivity index (χ0) is 37.9. The van der Waals surface area contributed by atoms with E-state index in [4.69, 9.17) is 19.6 Å². The van der Waals surface area contributed by atoms with E-state index in [0.29, 0.717) is 44.2 Å². The molecule has 1 fully saturated rings. The molecule has 0 amide bonds. The standard InChI is InChI=1S/C46H90N2O4/c1-9-11-13-21-27-41-32-33-42(28-22-17-15-16-20-26-36-49-50-37-34-47(3,4)5)46(45(41)31-25-14-12-10-2)39-43-29-23-18-19-24-30-44(43)40-52-51-38-35-48(6,7)8/h32-33,39,41-42,44-46H,9-31,34-38,40H2,1-8H3/q+2/b43-39-/t41?,42-,44?,45?,46?/m1/s1. The third-order valence-electron chi connectivity index (χ3n) is 11.8. The Morgan fingerprint density at radius 3 is 1.73 bits per heavy atom. The van der Waals surface area contributed by atoms with Gasteiger partial charge in [0.15, 0.2) is 0 Å². The molecule has 2 aliphatic carbocycles. The van der Waals surface area contributed by atoms with E-state index in [1.807, 2.05) is 0 Å². The van der Waals surface area contributed by atoms with Crippen LogP contribution in [0.5, 0.6) is 0 Å². The number of rotatable bonds is 30. The Morgan fingerprint density at radius 2 is 1.08 bits per heavy atom. The maximum atomic E-state index is 6.00. The summed E-state index contributed by atoms with van der Waals surface area (Å²) in [6, 6.07) is 0. The summed E-state index contributed by atoms with van der Waals surface area (Å²) >= 11 is 0. The molecule has 0 aromatic rings. The van der Waals surface area contributed by atoms with Gasteiger partial charge in [-0.3, -0.25) is 0 Å². The van der Waals surface area contributed by atoms with Crippen LogP contribution in [0.15, 0.2) is 23.8 Å². The van der Waals surface area contributed by atoms with Crippen molar-refractivity contribution in [1.82, 2.24) is 0 Å². The minimum absolute atomic E-state index is 0.492. The summed E-state index contributed by atoms with van der Waals surface area (Å²) < 4.78 is 1.80. The van der Waals surface area contributed by atoms with Crippen LogP contribution < -0.4 is 0 Å². The minimum atomic E-state index is 0.492. The molecule has 0 radical (unpaired) electrons. The van der Waals surface area contributed by atoms with Gasteiger partial charge in [-0.25, -0.2) is 19.6 Å². The average molecular weight is 735 g/mol. The maximum Gasteiger partial charge on any atom is 0.131 e. The smallest absolute Gasteiger partial charge is 0.131 e. The third-order valence-corrected chi connectivity index (χ3v) is 11.8. The topological polar surface area (TPSA) is 36.9 Å². The van der Waals surface area contributed by atoms with E-state index in [1.54, 1.807) is 5.57 Å². The van der Waals surface area contributed by atoms with Crippen molar-refractivity contribution in [2.45, 2.75) is 162 Å². The molecule has 0 bridgehead atoms. The Hall–Kier alpha value is -0.760.